The molecule has 0 atom stereocenters. The number of rotatable bonds is 5. The van der Waals surface area contributed by atoms with Gasteiger partial charge in [0.25, 0.3) is 0 Å². The van der Waals surface area contributed by atoms with E-state index in [4.69, 9.17) is 4.74 Å². The third-order valence-electron chi connectivity index (χ3n) is 1.28. The van der Waals surface area contributed by atoms with Gasteiger partial charge in [-0.3, -0.25) is 9.59 Å². The number of esters is 1. The Hall–Kier alpha value is -0.900. The van der Waals surface area contributed by atoms with E-state index in [9.17, 15) is 9.59 Å². The zero-order valence-electron chi connectivity index (χ0n) is 9.25. The third-order valence-corrected chi connectivity index (χ3v) is 1.28. The van der Waals surface area contributed by atoms with E-state index in [0.717, 1.165) is 0 Å². The maximum absolute atomic E-state index is 11.0. The van der Waals surface area contributed by atoms with E-state index < -0.39 is 5.97 Å². The molecule has 0 aliphatic heterocycles. The molecule has 0 unspecified atom stereocenters. The lowest BCUT2D eigenvalue weighted by Gasteiger charge is -2.18. The number of Topliss-reactive ketones (excluding diaryl/α,β-unsaturated/α-hetero) is 1. The van der Waals surface area contributed by atoms with Gasteiger partial charge in [0.1, 0.15) is 6.61 Å². The zero-order chi connectivity index (χ0) is 11.2. The zero-order valence-corrected chi connectivity index (χ0v) is 9.25. The molecule has 0 spiro atoms. The maximum Gasteiger partial charge on any atom is 0.308 e. The summed E-state index contributed by atoms with van der Waals surface area (Å²) in [5, 5.41) is 0. The highest BCUT2D eigenvalue weighted by Crippen LogP contribution is 2.06. The molecule has 0 fully saturated rings. The quantitative estimate of drug-likeness (QED) is 0.631. The molecule has 0 aromatic carbocycles. The second kappa shape index (κ2) is 5.75. The molecule has 0 amide bonds. The van der Waals surface area contributed by atoms with E-state index in [0.29, 0.717) is 6.61 Å². The fourth-order valence-electron chi connectivity index (χ4n) is 0.695. The summed E-state index contributed by atoms with van der Waals surface area (Å²) in [6.07, 6.45) is 0.185. The van der Waals surface area contributed by atoms with Crippen molar-refractivity contribution in [3.05, 3.63) is 0 Å². The van der Waals surface area contributed by atoms with Crippen molar-refractivity contribution in [2.75, 3.05) is 13.2 Å². The summed E-state index contributed by atoms with van der Waals surface area (Å²) >= 11 is 0. The molecule has 0 aliphatic rings. The van der Waals surface area contributed by atoms with Gasteiger partial charge in [-0.1, -0.05) is 0 Å². The van der Waals surface area contributed by atoms with Crippen molar-refractivity contribution in [1.82, 2.24) is 0 Å². The van der Waals surface area contributed by atoms with Crippen molar-refractivity contribution in [3.63, 3.8) is 0 Å². The highest BCUT2D eigenvalue weighted by molar-refractivity contribution is 5.80. The van der Waals surface area contributed by atoms with Gasteiger partial charge in [-0.25, -0.2) is 0 Å². The van der Waals surface area contributed by atoms with Crippen molar-refractivity contribution >= 4 is 11.8 Å². The van der Waals surface area contributed by atoms with Crippen LogP contribution in [0.5, 0.6) is 0 Å². The minimum absolute atomic E-state index is 0.144. The van der Waals surface area contributed by atoms with Gasteiger partial charge in [0.2, 0.25) is 0 Å². The minimum atomic E-state index is -0.399. The SMILES string of the molecule is CC(=O)COC(=O)CCOC(C)(C)C. The smallest absolute Gasteiger partial charge is 0.308 e. The Kier molecular flexibility index (Phi) is 5.38. The van der Waals surface area contributed by atoms with Crippen molar-refractivity contribution in [2.45, 2.75) is 39.7 Å². The van der Waals surface area contributed by atoms with Gasteiger partial charge < -0.3 is 9.47 Å². The number of ether oxygens (including phenoxy) is 2. The van der Waals surface area contributed by atoms with E-state index in [2.05, 4.69) is 4.74 Å². The van der Waals surface area contributed by atoms with E-state index in [1.165, 1.54) is 6.92 Å². The normalized spacial score (nSPS) is 11.1. The number of hydrogen-bond donors (Lipinski definition) is 0. The Bertz CT molecular complexity index is 203. The summed E-state index contributed by atoms with van der Waals surface area (Å²) in [6.45, 7) is 7.28. The molecule has 0 N–H and O–H groups in total. The summed E-state index contributed by atoms with van der Waals surface area (Å²) in [5.41, 5.74) is -0.249. The van der Waals surface area contributed by atoms with Crippen LogP contribution in [-0.4, -0.2) is 30.6 Å². The van der Waals surface area contributed by atoms with Gasteiger partial charge >= 0.3 is 5.97 Å². The van der Waals surface area contributed by atoms with Gasteiger partial charge in [0.05, 0.1) is 18.6 Å². The van der Waals surface area contributed by atoms with Crippen LogP contribution in [0.4, 0.5) is 0 Å². The number of ketones is 1. The molecular formula is C10H18O4. The van der Waals surface area contributed by atoms with E-state index >= 15 is 0 Å². The molecule has 0 rings (SSSR count). The third kappa shape index (κ3) is 9.19. The molecule has 0 aromatic rings. The second-order valence-corrected chi connectivity index (χ2v) is 4.07. The van der Waals surface area contributed by atoms with Gasteiger partial charge in [0.15, 0.2) is 5.78 Å². The number of hydrogen-bond acceptors (Lipinski definition) is 4. The van der Waals surface area contributed by atoms with E-state index in [-0.39, 0.29) is 24.4 Å². The largest absolute Gasteiger partial charge is 0.458 e. The summed E-state index contributed by atoms with van der Waals surface area (Å²) in [6, 6.07) is 0. The van der Waals surface area contributed by atoms with Crippen LogP contribution >= 0.6 is 0 Å². The Morgan fingerprint density at radius 2 is 1.79 bits per heavy atom. The molecule has 0 saturated carbocycles. The number of carbonyl (C=O) groups is 2. The van der Waals surface area contributed by atoms with Crippen LogP contribution < -0.4 is 0 Å². The van der Waals surface area contributed by atoms with E-state index in [1.807, 2.05) is 20.8 Å². The minimum Gasteiger partial charge on any atom is -0.458 e. The number of carbonyl (C=O) groups excluding carboxylic acids is 2. The summed E-state index contributed by atoms with van der Waals surface area (Å²) in [5.74, 6) is -0.556. The van der Waals surface area contributed by atoms with Crippen LogP contribution in [0.3, 0.4) is 0 Å². The van der Waals surface area contributed by atoms with Crippen LogP contribution in [0.2, 0.25) is 0 Å². The van der Waals surface area contributed by atoms with Crippen LogP contribution in [0.1, 0.15) is 34.1 Å². The van der Waals surface area contributed by atoms with Crippen molar-refractivity contribution in [1.29, 1.82) is 0 Å². The Labute approximate surface area is 84.6 Å². The molecule has 0 aliphatic carbocycles. The van der Waals surface area contributed by atoms with Gasteiger partial charge in [-0.05, 0) is 27.7 Å². The molecule has 4 nitrogen and oxygen atoms in total. The van der Waals surface area contributed by atoms with Crippen LogP contribution in [0.25, 0.3) is 0 Å². The Balaban J connectivity index is 3.50. The van der Waals surface area contributed by atoms with Crippen LogP contribution in [-0.2, 0) is 19.1 Å². The van der Waals surface area contributed by atoms with Crippen LogP contribution in [0.15, 0.2) is 0 Å². The first-order valence-corrected chi connectivity index (χ1v) is 4.60. The van der Waals surface area contributed by atoms with E-state index in [1.54, 1.807) is 0 Å². The maximum atomic E-state index is 11.0. The first kappa shape index (κ1) is 13.1. The second-order valence-electron chi connectivity index (χ2n) is 4.07. The highest BCUT2D eigenvalue weighted by Gasteiger charge is 2.11. The van der Waals surface area contributed by atoms with Gasteiger partial charge in [-0.2, -0.15) is 0 Å². The van der Waals surface area contributed by atoms with Crippen molar-refractivity contribution in [2.24, 2.45) is 0 Å². The molecule has 0 bridgehead atoms. The van der Waals surface area contributed by atoms with Crippen LogP contribution in [0, 0.1) is 0 Å². The molecule has 82 valence electrons. The van der Waals surface area contributed by atoms with Gasteiger partial charge in [-0.15, -0.1) is 0 Å². The predicted molar refractivity (Wildman–Crippen MR) is 52.0 cm³/mol. The average molecular weight is 202 g/mol. The lowest BCUT2D eigenvalue weighted by molar-refractivity contribution is -0.149. The molecular weight excluding hydrogens is 184 g/mol. The fourth-order valence-corrected chi connectivity index (χ4v) is 0.695. The predicted octanol–water partition coefficient (Wildman–Crippen LogP) is 1.32. The molecule has 0 aromatic heterocycles. The van der Waals surface area contributed by atoms with Crippen molar-refractivity contribution in [3.8, 4) is 0 Å². The molecule has 14 heavy (non-hydrogen) atoms. The molecule has 4 heteroatoms. The topological polar surface area (TPSA) is 52.6 Å². The van der Waals surface area contributed by atoms with Gasteiger partial charge in [0, 0.05) is 0 Å². The summed E-state index contributed by atoms with van der Waals surface area (Å²) < 4.78 is 9.97. The molecule has 0 saturated heterocycles. The fraction of sp³-hybridized carbons (Fsp3) is 0.800. The first-order chi connectivity index (χ1) is 6.31. The Morgan fingerprint density at radius 1 is 1.21 bits per heavy atom. The summed E-state index contributed by atoms with van der Waals surface area (Å²) in [4.78, 5) is 21.5. The highest BCUT2D eigenvalue weighted by atomic mass is 16.5. The summed E-state index contributed by atoms with van der Waals surface area (Å²) in [7, 11) is 0. The monoisotopic (exact) mass is 202 g/mol. The lowest BCUT2D eigenvalue weighted by Crippen LogP contribution is -2.22. The first-order valence-electron chi connectivity index (χ1n) is 4.60. The Morgan fingerprint density at radius 3 is 2.21 bits per heavy atom. The average Bonchev–Trinajstić information content (AvgIpc) is 1.98. The lowest BCUT2D eigenvalue weighted by atomic mass is 10.2. The standard InChI is InChI=1S/C10H18O4/c1-8(11)7-13-9(12)5-6-14-10(2,3)4/h5-7H2,1-4H3. The molecule has 0 heterocycles. The van der Waals surface area contributed by atoms with Crippen molar-refractivity contribution < 1.29 is 19.1 Å². The molecule has 0 radical (unpaired) electrons.